The summed E-state index contributed by atoms with van der Waals surface area (Å²) in [4.78, 5) is 8.56. The van der Waals surface area contributed by atoms with Gasteiger partial charge in [-0.3, -0.25) is 0 Å². The first-order valence-corrected chi connectivity index (χ1v) is 7.70. The van der Waals surface area contributed by atoms with Crippen molar-refractivity contribution in [2.45, 2.75) is 13.8 Å². The molecule has 23 heavy (non-hydrogen) atoms. The Hall–Kier alpha value is -2.35. The number of ether oxygens (including phenoxy) is 2. The number of hydrogen-bond acceptors (Lipinski definition) is 6. The number of rotatable bonds is 4. The predicted molar refractivity (Wildman–Crippen MR) is 90.8 cm³/mol. The molecule has 2 heterocycles. The molecule has 1 aromatic carbocycles. The van der Waals surface area contributed by atoms with Crippen molar-refractivity contribution in [1.82, 2.24) is 19.6 Å². The maximum atomic E-state index is 5.38. The van der Waals surface area contributed by atoms with Gasteiger partial charge in [-0.15, -0.1) is 0 Å². The summed E-state index contributed by atoms with van der Waals surface area (Å²) in [7, 11) is 3.22. The Morgan fingerprint density at radius 2 is 1.78 bits per heavy atom. The van der Waals surface area contributed by atoms with E-state index in [9.17, 15) is 0 Å². The molecule has 2 aromatic heterocycles. The maximum absolute atomic E-state index is 5.38. The molecular weight excluding hydrogens is 362 g/mol. The van der Waals surface area contributed by atoms with Crippen LogP contribution in [-0.4, -0.2) is 33.8 Å². The summed E-state index contributed by atoms with van der Waals surface area (Å²) in [6.45, 7) is 3.93. The molecule has 120 valence electrons. The van der Waals surface area contributed by atoms with Crippen molar-refractivity contribution in [3.05, 3.63) is 34.2 Å². The van der Waals surface area contributed by atoms with Gasteiger partial charge in [0.2, 0.25) is 0 Å². The molecule has 8 heteroatoms. The van der Waals surface area contributed by atoms with Crippen LogP contribution in [-0.2, 0) is 0 Å². The first kappa shape index (κ1) is 15.5. The van der Waals surface area contributed by atoms with Gasteiger partial charge in [0, 0.05) is 29.1 Å². The van der Waals surface area contributed by atoms with Crippen LogP contribution in [0.3, 0.4) is 0 Å². The Balaban J connectivity index is 2.12. The van der Waals surface area contributed by atoms with Gasteiger partial charge in [0.1, 0.15) is 28.1 Å². The Kier molecular flexibility index (Phi) is 4.08. The van der Waals surface area contributed by atoms with Crippen LogP contribution in [0.2, 0.25) is 0 Å². The van der Waals surface area contributed by atoms with Crippen LogP contribution in [0.4, 0.5) is 11.5 Å². The minimum absolute atomic E-state index is 0.548. The molecule has 0 unspecified atom stereocenters. The van der Waals surface area contributed by atoms with Crippen molar-refractivity contribution in [1.29, 1.82) is 0 Å². The molecule has 0 saturated heterocycles. The predicted octanol–water partition coefficient (Wildman–Crippen LogP) is 3.26. The molecule has 1 N–H and O–H groups in total. The van der Waals surface area contributed by atoms with E-state index >= 15 is 0 Å². The normalized spacial score (nSPS) is 10.8. The monoisotopic (exact) mass is 377 g/mol. The maximum Gasteiger partial charge on any atom is 0.254 e. The highest BCUT2D eigenvalue weighted by Crippen LogP contribution is 2.38. The summed E-state index contributed by atoms with van der Waals surface area (Å²) in [6.07, 6.45) is 1.48. The van der Waals surface area contributed by atoms with Crippen molar-refractivity contribution < 1.29 is 9.47 Å². The third-order valence-corrected chi connectivity index (χ3v) is 4.40. The van der Waals surface area contributed by atoms with Crippen molar-refractivity contribution in [2.75, 3.05) is 19.5 Å². The zero-order chi connectivity index (χ0) is 16.6. The summed E-state index contributed by atoms with van der Waals surface area (Å²) in [5.41, 5.74) is 2.69. The number of methoxy groups -OCH3 is 2. The van der Waals surface area contributed by atoms with Crippen LogP contribution < -0.4 is 14.8 Å². The summed E-state index contributed by atoms with van der Waals surface area (Å²) in [5, 5.41) is 7.59. The van der Waals surface area contributed by atoms with Crippen molar-refractivity contribution in [3.63, 3.8) is 0 Å². The lowest BCUT2D eigenvalue weighted by molar-refractivity contribution is 0.390. The minimum Gasteiger partial charge on any atom is -0.495 e. The quantitative estimate of drug-likeness (QED) is 0.751. The van der Waals surface area contributed by atoms with Crippen LogP contribution in [0.5, 0.6) is 11.5 Å². The third-order valence-electron chi connectivity index (χ3n) is 3.62. The SMILES string of the molecule is COc1cc(Nc2c(C)c(C)nc3ncnn23)cc(OC)c1Br. The highest BCUT2D eigenvalue weighted by atomic mass is 79.9. The molecular formula is C15H16BrN5O2. The first-order valence-electron chi connectivity index (χ1n) is 6.90. The topological polar surface area (TPSA) is 73.6 Å². The molecule has 0 aliphatic carbocycles. The van der Waals surface area contributed by atoms with Crippen LogP contribution >= 0.6 is 15.9 Å². The van der Waals surface area contributed by atoms with E-state index in [2.05, 4.69) is 36.3 Å². The van der Waals surface area contributed by atoms with Gasteiger partial charge in [0.15, 0.2) is 0 Å². The highest BCUT2D eigenvalue weighted by Gasteiger charge is 2.14. The van der Waals surface area contributed by atoms with Gasteiger partial charge in [-0.05, 0) is 29.8 Å². The van der Waals surface area contributed by atoms with Gasteiger partial charge in [-0.25, -0.2) is 4.98 Å². The first-order chi connectivity index (χ1) is 11.0. The lowest BCUT2D eigenvalue weighted by Crippen LogP contribution is -2.06. The Morgan fingerprint density at radius 3 is 2.39 bits per heavy atom. The second kappa shape index (κ2) is 6.04. The molecule has 0 amide bonds. The molecule has 7 nitrogen and oxygen atoms in total. The summed E-state index contributed by atoms with van der Waals surface area (Å²) in [6, 6.07) is 3.76. The number of aryl methyl sites for hydroxylation is 1. The number of aromatic nitrogens is 4. The molecule has 3 rings (SSSR count). The van der Waals surface area contributed by atoms with Crippen LogP contribution in [0.15, 0.2) is 22.9 Å². The van der Waals surface area contributed by atoms with Crippen LogP contribution in [0.1, 0.15) is 11.3 Å². The number of hydrogen-bond donors (Lipinski definition) is 1. The van der Waals surface area contributed by atoms with E-state index in [-0.39, 0.29) is 0 Å². The molecule has 0 atom stereocenters. The van der Waals surface area contributed by atoms with Gasteiger partial charge in [0.05, 0.1) is 14.2 Å². The number of benzene rings is 1. The van der Waals surface area contributed by atoms with Gasteiger partial charge in [-0.1, -0.05) is 0 Å². The molecule has 0 bridgehead atoms. The van der Waals surface area contributed by atoms with Gasteiger partial charge < -0.3 is 14.8 Å². The lowest BCUT2D eigenvalue weighted by atomic mass is 10.2. The van der Waals surface area contributed by atoms with E-state index in [4.69, 9.17) is 9.47 Å². The van der Waals surface area contributed by atoms with E-state index in [1.54, 1.807) is 18.7 Å². The summed E-state index contributed by atoms with van der Waals surface area (Å²) < 4.78 is 13.2. The van der Waals surface area contributed by atoms with Gasteiger partial charge >= 0.3 is 0 Å². The van der Waals surface area contributed by atoms with Crippen molar-refractivity contribution in [2.24, 2.45) is 0 Å². The highest BCUT2D eigenvalue weighted by molar-refractivity contribution is 9.10. The molecule has 0 saturated carbocycles. The van der Waals surface area contributed by atoms with Gasteiger partial charge in [0.25, 0.3) is 5.78 Å². The fourth-order valence-electron chi connectivity index (χ4n) is 2.26. The number of anilines is 2. The molecule has 0 radical (unpaired) electrons. The van der Waals surface area contributed by atoms with E-state index in [1.807, 2.05) is 26.0 Å². The Bertz CT molecular complexity index is 853. The zero-order valence-corrected chi connectivity index (χ0v) is 14.8. The largest absolute Gasteiger partial charge is 0.495 e. The number of fused-ring (bicyclic) bond motifs is 1. The minimum atomic E-state index is 0.548. The van der Waals surface area contributed by atoms with Crippen molar-refractivity contribution >= 4 is 33.2 Å². The van der Waals surface area contributed by atoms with E-state index < -0.39 is 0 Å². The zero-order valence-electron chi connectivity index (χ0n) is 13.2. The third kappa shape index (κ3) is 2.70. The van der Waals surface area contributed by atoms with E-state index in [1.165, 1.54) is 6.33 Å². The molecule has 0 aliphatic rings. The average Bonchev–Trinajstić information content (AvgIpc) is 3.00. The average molecular weight is 378 g/mol. The standard InChI is InChI=1S/C15H16BrN5O2/c1-8-9(2)19-15-17-7-18-21(15)14(8)20-10-5-11(22-3)13(16)12(6-10)23-4/h5-7,20H,1-4H3. The van der Waals surface area contributed by atoms with Gasteiger partial charge in [-0.2, -0.15) is 14.6 Å². The Morgan fingerprint density at radius 1 is 1.13 bits per heavy atom. The second-order valence-corrected chi connectivity index (χ2v) is 5.76. The molecule has 0 fully saturated rings. The van der Waals surface area contributed by atoms with Crippen molar-refractivity contribution in [3.8, 4) is 11.5 Å². The second-order valence-electron chi connectivity index (χ2n) is 4.96. The molecule has 0 spiro atoms. The smallest absolute Gasteiger partial charge is 0.254 e. The molecule has 3 aromatic rings. The lowest BCUT2D eigenvalue weighted by Gasteiger charge is -2.15. The van der Waals surface area contributed by atoms with E-state index in [0.29, 0.717) is 17.3 Å². The van der Waals surface area contributed by atoms with E-state index in [0.717, 1.165) is 27.2 Å². The molecule has 0 aliphatic heterocycles. The summed E-state index contributed by atoms with van der Waals surface area (Å²) >= 11 is 3.47. The number of nitrogens with zero attached hydrogens (tertiary/aromatic N) is 4. The fourth-order valence-corrected chi connectivity index (χ4v) is 2.81. The Labute approximate surface area is 141 Å². The summed E-state index contributed by atoms with van der Waals surface area (Å²) in [5.74, 6) is 2.69. The van der Waals surface area contributed by atoms with Crippen LogP contribution in [0.25, 0.3) is 5.78 Å². The van der Waals surface area contributed by atoms with Crippen LogP contribution in [0, 0.1) is 13.8 Å². The fraction of sp³-hybridized carbons (Fsp3) is 0.267. The number of halogens is 1. The number of nitrogens with one attached hydrogen (secondary N) is 1.